The third-order valence-electron chi connectivity index (χ3n) is 4.25. The molecule has 116 valence electrons. The van der Waals surface area contributed by atoms with Crippen molar-refractivity contribution in [3.8, 4) is 0 Å². The van der Waals surface area contributed by atoms with Crippen LogP contribution in [0.4, 0.5) is 4.79 Å². The summed E-state index contributed by atoms with van der Waals surface area (Å²) in [5.74, 6) is 2.03. The summed E-state index contributed by atoms with van der Waals surface area (Å²) in [5, 5.41) is 4.10. The highest BCUT2D eigenvalue weighted by Crippen LogP contribution is 2.29. The van der Waals surface area contributed by atoms with Gasteiger partial charge in [-0.25, -0.2) is 4.79 Å². The average molecular weight is 294 g/mol. The molecule has 2 aliphatic rings. The molecule has 1 aromatic rings. The lowest BCUT2D eigenvalue weighted by atomic mass is 9.97. The number of ether oxygens (including phenoxy) is 1. The highest BCUT2D eigenvalue weighted by atomic mass is 16.5. The Balaban J connectivity index is 1.58. The molecule has 0 spiro atoms. The number of carbonyl (C=O) groups is 1. The maximum Gasteiger partial charge on any atom is 0.319 e. The van der Waals surface area contributed by atoms with Crippen molar-refractivity contribution in [1.82, 2.24) is 19.9 Å². The molecule has 0 radical (unpaired) electrons. The second-order valence-electron chi connectivity index (χ2n) is 5.99. The first-order valence-corrected chi connectivity index (χ1v) is 7.52. The Morgan fingerprint density at radius 2 is 2.00 bits per heavy atom. The van der Waals surface area contributed by atoms with E-state index in [1.807, 2.05) is 4.90 Å². The van der Waals surface area contributed by atoms with Crippen molar-refractivity contribution in [2.24, 2.45) is 0 Å². The monoisotopic (exact) mass is 294 g/mol. The molecule has 7 nitrogen and oxygen atoms in total. The molecule has 1 aromatic heterocycles. The second-order valence-corrected chi connectivity index (χ2v) is 5.99. The Kier molecular flexibility index (Phi) is 4.10. The van der Waals surface area contributed by atoms with E-state index in [9.17, 15) is 4.79 Å². The van der Waals surface area contributed by atoms with Crippen LogP contribution >= 0.6 is 0 Å². The molecule has 7 heteroatoms. The molecule has 3 heterocycles. The predicted molar refractivity (Wildman–Crippen MR) is 75.1 cm³/mol. The minimum atomic E-state index is 0.0720. The molecule has 2 aliphatic heterocycles. The van der Waals surface area contributed by atoms with Gasteiger partial charge in [0.25, 0.3) is 0 Å². The summed E-state index contributed by atoms with van der Waals surface area (Å²) < 4.78 is 10.8. The van der Waals surface area contributed by atoms with Crippen molar-refractivity contribution in [3.05, 3.63) is 11.7 Å². The van der Waals surface area contributed by atoms with E-state index in [0.29, 0.717) is 12.5 Å². The summed E-state index contributed by atoms with van der Waals surface area (Å²) in [6, 6.07) is 0.0720. The molecule has 0 bridgehead atoms. The highest BCUT2D eigenvalue weighted by Gasteiger charge is 2.30. The molecule has 21 heavy (non-hydrogen) atoms. The third kappa shape index (κ3) is 3.02. The lowest BCUT2D eigenvalue weighted by Crippen LogP contribution is -2.43. The third-order valence-corrected chi connectivity index (χ3v) is 4.25. The van der Waals surface area contributed by atoms with Gasteiger partial charge in [-0.1, -0.05) is 5.16 Å². The molecule has 1 unspecified atom stereocenters. The average Bonchev–Trinajstić information content (AvgIpc) is 3.17. The van der Waals surface area contributed by atoms with Gasteiger partial charge >= 0.3 is 6.03 Å². The summed E-state index contributed by atoms with van der Waals surface area (Å²) in [4.78, 5) is 19.9. The van der Waals surface area contributed by atoms with Gasteiger partial charge in [-0.2, -0.15) is 4.98 Å². The van der Waals surface area contributed by atoms with E-state index >= 15 is 0 Å². The summed E-state index contributed by atoms with van der Waals surface area (Å²) in [5.41, 5.74) is 0. The van der Waals surface area contributed by atoms with Crippen molar-refractivity contribution >= 4 is 6.03 Å². The minimum Gasteiger partial charge on any atom is -0.381 e. The Labute approximate surface area is 124 Å². The Morgan fingerprint density at radius 3 is 2.62 bits per heavy atom. The van der Waals surface area contributed by atoms with E-state index < -0.39 is 0 Å². The first kappa shape index (κ1) is 14.3. The fourth-order valence-electron chi connectivity index (χ4n) is 2.92. The van der Waals surface area contributed by atoms with E-state index in [0.717, 1.165) is 44.8 Å². The predicted octanol–water partition coefficient (Wildman–Crippen LogP) is 1.43. The number of aromatic nitrogens is 2. The van der Waals surface area contributed by atoms with Gasteiger partial charge in [0.1, 0.15) is 0 Å². The smallest absolute Gasteiger partial charge is 0.319 e. The van der Waals surface area contributed by atoms with Crippen molar-refractivity contribution in [3.63, 3.8) is 0 Å². The van der Waals surface area contributed by atoms with Crippen LogP contribution in [0.5, 0.6) is 0 Å². The van der Waals surface area contributed by atoms with E-state index in [2.05, 4.69) is 10.1 Å². The number of piperidine rings is 1. The summed E-state index contributed by atoms with van der Waals surface area (Å²) in [6.45, 7) is 2.95. The van der Waals surface area contributed by atoms with Gasteiger partial charge in [0, 0.05) is 45.6 Å². The Hall–Kier alpha value is -1.63. The van der Waals surface area contributed by atoms with E-state index in [-0.39, 0.29) is 17.9 Å². The molecule has 0 saturated carbocycles. The van der Waals surface area contributed by atoms with Crippen LogP contribution in [0.15, 0.2) is 4.52 Å². The second kappa shape index (κ2) is 6.01. The van der Waals surface area contributed by atoms with Gasteiger partial charge in [-0.05, 0) is 19.3 Å². The lowest BCUT2D eigenvalue weighted by Gasteiger charge is -2.32. The molecule has 2 amide bonds. The molecule has 2 fully saturated rings. The molecule has 3 rings (SSSR count). The summed E-state index contributed by atoms with van der Waals surface area (Å²) in [6.07, 6.45) is 2.72. The maximum atomic E-state index is 11.9. The van der Waals surface area contributed by atoms with E-state index in [4.69, 9.17) is 9.26 Å². The molecule has 0 aromatic carbocycles. The van der Waals surface area contributed by atoms with Gasteiger partial charge in [-0.15, -0.1) is 0 Å². The number of carbonyl (C=O) groups excluding carboxylic acids is 1. The van der Waals surface area contributed by atoms with Crippen molar-refractivity contribution < 1.29 is 14.1 Å². The standard InChI is InChI=1S/C14H22N4O3/c1-17(2)14(19)18-6-3-10(4-7-18)13-15-12(16-21-13)11-5-8-20-9-11/h10-11H,3-9H2,1-2H3. The van der Waals surface area contributed by atoms with E-state index in [1.54, 1.807) is 19.0 Å². The zero-order valence-corrected chi connectivity index (χ0v) is 12.6. The lowest BCUT2D eigenvalue weighted by molar-refractivity contribution is 0.152. The van der Waals surface area contributed by atoms with Gasteiger partial charge < -0.3 is 19.1 Å². The quantitative estimate of drug-likeness (QED) is 0.825. The van der Waals surface area contributed by atoms with Crippen molar-refractivity contribution in [1.29, 1.82) is 0 Å². The largest absolute Gasteiger partial charge is 0.381 e. The van der Waals surface area contributed by atoms with Crippen LogP contribution in [0.1, 0.15) is 42.8 Å². The highest BCUT2D eigenvalue weighted by molar-refractivity contribution is 5.73. The summed E-state index contributed by atoms with van der Waals surface area (Å²) >= 11 is 0. The van der Waals surface area contributed by atoms with Crippen LogP contribution < -0.4 is 0 Å². The molecular weight excluding hydrogens is 272 g/mol. The van der Waals surface area contributed by atoms with Gasteiger partial charge in [0.15, 0.2) is 5.82 Å². The number of nitrogens with zero attached hydrogens (tertiary/aromatic N) is 4. The van der Waals surface area contributed by atoms with Crippen LogP contribution in [-0.4, -0.2) is 66.4 Å². The van der Waals surface area contributed by atoms with E-state index in [1.165, 1.54) is 0 Å². The zero-order chi connectivity index (χ0) is 14.8. The first-order chi connectivity index (χ1) is 10.1. The van der Waals surface area contributed by atoms with Crippen LogP contribution in [0.2, 0.25) is 0 Å². The molecule has 0 N–H and O–H groups in total. The minimum absolute atomic E-state index is 0.0720. The molecule has 2 saturated heterocycles. The number of urea groups is 1. The Bertz CT molecular complexity index is 488. The summed E-state index contributed by atoms with van der Waals surface area (Å²) in [7, 11) is 3.56. The van der Waals surface area contributed by atoms with Crippen LogP contribution in [-0.2, 0) is 4.74 Å². The molecule has 0 aliphatic carbocycles. The topological polar surface area (TPSA) is 71.7 Å². The molecular formula is C14H22N4O3. The number of hydrogen-bond acceptors (Lipinski definition) is 5. The SMILES string of the molecule is CN(C)C(=O)N1CCC(c2nc(C3CCOC3)no2)CC1. The number of amides is 2. The number of likely N-dealkylation sites (tertiary alicyclic amines) is 1. The van der Waals surface area contributed by atoms with Crippen LogP contribution in [0.3, 0.4) is 0 Å². The van der Waals surface area contributed by atoms with Crippen molar-refractivity contribution in [2.45, 2.75) is 31.1 Å². The zero-order valence-electron chi connectivity index (χ0n) is 12.6. The fraction of sp³-hybridized carbons (Fsp3) is 0.786. The number of hydrogen-bond donors (Lipinski definition) is 0. The first-order valence-electron chi connectivity index (χ1n) is 7.52. The van der Waals surface area contributed by atoms with Gasteiger partial charge in [0.05, 0.1) is 6.61 Å². The van der Waals surface area contributed by atoms with Crippen LogP contribution in [0, 0.1) is 0 Å². The fourth-order valence-corrected chi connectivity index (χ4v) is 2.92. The van der Waals surface area contributed by atoms with Gasteiger partial charge in [-0.3, -0.25) is 0 Å². The van der Waals surface area contributed by atoms with Gasteiger partial charge in [0.2, 0.25) is 5.89 Å². The maximum absolute atomic E-state index is 11.9. The van der Waals surface area contributed by atoms with Crippen LogP contribution in [0.25, 0.3) is 0 Å². The van der Waals surface area contributed by atoms with Crippen molar-refractivity contribution in [2.75, 3.05) is 40.4 Å². The molecule has 1 atom stereocenters. The normalized spacial score (nSPS) is 23.5. The Morgan fingerprint density at radius 1 is 1.24 bits per heavy atom. The number of rotatable bonds is 2.